The fraction of sp³-hybridized carbons (Fsp3) is 0.708. The minimum Gasteiger partial charge on any atom is -0.462 e. The van der Waals surface area contributed by atoms with Crippen LogP contribution < -0.4 is 10.9 Å². The SMILES string of the molecule is CCCCCCCCNc1nc2sc(C(=O)OCCCCCCCC)c(C)c2c(=O)o1. The third-order valence-electron chi connectivity index (χ3n) is 5.45. The summed E-state index contributed by atoms with van der Waals surface area (Å²) >= 11 is 1.20. The van der Waals surface area contributed by atoms with Crippen molar-refractivity contribution in [3.8, 4) is 0 Å². The summed E-state index contributed by atoms with van der Waals surface area (Å²) < 4.78 is 10.8. The lowest BCUT2D eigenvalue weighted by Gasteiger charge is -2.04. The fourth-order valence-corrected chi connectivity index (χ4v) is 4.61. The number of carbonyl (C=O) groups is 1. The van der Waals surface area contributed by atoms with Gasteiger partial charge in [0.15, 0.2) is 0 Å². The first kappa shape index (κ1) is 25.4. The van der Waals surface area contributed by atoms with Gasteiger partial charge in [-0.15, -0.1) is 11.3 Å². The number of hydrogen-bond donors (Lipinski definition) is 1. The number of rotatable bonds is 16. The van der Waals surface area contributed by atoms with Gasteiger partial charge in [-0.3, -0.25) is 0 Å². The van der Waals surface area contributed by atoms with Crippen molar-refractivity contribution in [2.24, 2.45) is 0 Å². The summed E-state index contributed by atoms with van der Waals surface area (Å²) in [5.74, 6) is -0.380. The molecule has 0 spiro atoms. The molecule has 0 saturated heterocycles. The van der Waals surface area contributed by atoms with Crippen LogP contribution in [0.2, 0.25) is 0 Å². The Morgan fingerprint density at radius 2 is 1.58 bits per heavy atom. The van der Waals surface area contributed by atoms with Crippen LogP contribution in [0, 0.1) is 6.92 Å². The number of thiophene rings is 1. The Bertz CT molecular complexity index is 859. The first-order valence-electron chi connectivity index (χ1n) is 11.9. The molecule has 0 bridgehead atoms. The van der Waals surface area contributed by atoms with Crippen LogP contribution in [0.1, 0.15) is 106 Å². The van der Waals surface area contributed by atoms with Gasteiger partial charge in [0.25, 0.3) is 6.01 Å². The second-order valence-corrected chi connectivity index (χ2v) is 9.14. The molecule has 2 aromatic heterocycles. The van der Waals surface area contributed by atoms with Gasteiger partial charge in [-0.1, -0.05) is 78.1 Å². The number of unbranched alkanes of at least 4 members (excludes halogenated alkanes) is 10. The van der Waals surface area contributed by atoms with E-state index in [2.05, 4.69) is 24.1 Å². The van der Waals surface area contributed by atoms with E-state index in [0.29, 0.717) is 33.8 Å². The van der Waals surface area contributed by atoms with E-state index in [0.717, 1.165) is 25.7 Å². The van der Waals surface area contributed by atoms with Gasteiger partial charge in [0.2, 0.25) is 0 Å². The molecule has 2 aromatic rings. The van der Waals surface area contributed by atoms with Crippen molar-refractivity contribution in [2.75, 3.05) is 18.5 Å². The molecular formula is C24H38N2O4S. The first-order valence-corrected chi connectivity index (χ1v) is 12.7. The van der Waals surface area contributed by atoms with E-state index in [1.165, 1.54) is 62.7 Å². The van der Waals surface area contributed by atoms with E-state index in [4.69, 9.17) is 9.15 Å². The molecule has 2 heterocycles. The Balaban J connectivity index is 1.88. The summed E-state index contributed by atoms with van der Waals surface area (Å²) in [6.45, 7) is 7.27. The third kappa shape index (κ3) is 8.28. The summed E-state index contributed by atoms with van der Waals surface area (Å²) in [6, 6.07) is 0.222. The van der Waals surface area contributed by atoms with Gasteiger partial charge >= 0.3 is 11.6 Å². The van der Waals surface area contributed by atoms with Crippen molar-refractivity contribution in [1.82, 2.24) is 4.98 Å². The Morgan fingerprint density at radius 1 is 0.968 bits per heavy atom. The second-order valence-electron chi connectivity index (χ2n) is 8.14. The van der Waals surface area contributed by atoms with Crippen LogP contribution in [0.3, 0.4) is 0 Å². The standard InChI is InChI=1S/C24H38N2O4S/c1-4-6-8-10-12-14-16-25-24-26-21-19(22(27)30-24)18(3)20(31-21)23(28)29-17-15-13-11-9-7-5-2/h4-17H2,1-3H3,(H,25,26). The number of aromatic nitrogens is 1. The molecule has 31 heavy (non-hydrogen) atoms. The molecule has 7 heteroatoms. The molecule has 2 rings (SSSR count). The monoisotopic (exact) mass is 450 g/mol. The zero-order valence-corrected chi connectivity index (χ0v) is 20.2. The molecule has 1 N–H and O–H groups in total. The van der Waals surface area contributed by atoms with E-state index >= 15 is 0 Å². The smallest absolute Gasteiger partial charge is 0.349 e. The maximum atomic E-state index is 12.5. The third-order valence-corrected chi connectivity index (χ3v) is 6.61. The lowest BCUT2D eigenvalue weighted by molar-refractivity contribution is 0.0503. The Hall–Kier alpha value is -1.89. The van der Waals surface area contributed by atoms with Crippen LogP contribution >= 0.6 is 11.3 Å². The Labute approximate surface area is 189 Å². The van der Waals surface area contributed by atoms with E-state index in [1.54, 1.807) is 6.92 Å². The van der Waals surface area contributed by atoms with Gasteiger partial charge < -0.3 is 14.5 Å². The number of anilines is 1. The highest BCUT2D eigenvalue weighted by atomic mass is 32.1. The predicted octanol–water partition coefficient (Wildman–Crippen LogP) is 6.85. The highest BCUT2D eigenvalue weighted by molar-refractivity contribution is 7.20. The lowest BCUT2D eigenvalue weighted by atomic mass is 10.1. The van der Waals surface area contributed by atoms with Crippen molar-refractivity contribution >= 4 is 33.5 Å². The van der Waals surface area contributed by atoms with Crippen LogP contribution in [-0.4, -0.2) is 24.1 Å². The normalized spacial score (nSPS) is 11.2. The van der Waals surface area contributed by atoms with Gasteiger partial charge in [0, 0.05) is 6.54 Å². The maximum Gasteiger partial charge on any atom is 0.349 e. The van der Waals surface area contributed by atoms with Crippen molar-refractivity contribution in [2.45, 2.75) is 97.8 Å². The molecule has 0 aliphatic carbocycles. The zero-order chi connectivity index (χ0) is 22.5. The van der Waals surface area contributed by atoms with Gasteiger partial charge in [0.1, 0.15) is 15.1 Å². The summed E-state index contributed by atoms with van der Waals surface area (Å²) in [6.07, 6.45) is 14.0. The maximum absolute atomic E-state index is 12.5. The van der Waals surface area contributed by atoms with E-state index in [-0.39, 0.29) is 12.0 Å². The predicted molar refractivity (Wildman–Crippen MR) is 128 cm³/mol. The van der Waals surface area contributed by atoms with Crippen LogP contribution in [-0.2, 0) is 4.74 Å². The van der Waals surface area contributed by atoms with Crippen molar-refractivity contribution in [3.05, 3.63) is 20.9 Å². The number of esters is 1. The average Bonchev–Trinajstić information content (AvgIpc) is 3.09. The van der Waals surface area contributed by atoms with Crippen molar-refractivity contribution in [3.63, 3.8) is 0 Å². The summed E-state index contributed by atoms with van der Waals surface area (Å²) in [5.41, 5.74) is 0.135. The molecule has 0 amide bonds. The van der Waals surface area contributed by atoms with Crippen molar-refractivity contribution in [1.29, 1.82) is 0 Å². The zero-order valence-electron chi connectivity index (χ0n) is 19.4. The average molecular weight is 451 g/mol. The topological polar surface area (TPSA) is 81.4 Å². The molecule has 0 radical (unpaired) electrons. The largest absolute Gasteiger partial charge is 0.462 e. The quantitative estimate of drug-likeness (QED) is 0.222. The first-order chi connectivity index (χ1) is 15.1. The number of aryl methyl sites for hydroxylation is 1. The molecule has 0 unspecified atom stereocenters. The number of fused-ring (bicyclic) bond motifs is 1. The molecular weight excluding hydrogens is 412 g/mol. The summed E-state index contributed by atoms with van der Waals surface area (Å²) in [4.78, 5) is 30.3. The van der Waals surface area contributed by atoms with Gasteiger partial charge in [0.05, 0.1) is 6.61 Å². The number of nitrogens with one attached hydrogen (secondary N) is 1. The molecule has 0 aromatic carbocycles. The molecule has 174 valence electrons. The molecule has 0 aliphatic heterocycles. The minimum absolute atomic E-state index is 0.222. The number of ether oxygens (including phenoxy) is 1. The molecule has 0 atom stereocenters. The van der Waals surface area contributed by atoms with E-state index < -0.39 is 5.63 Å². The molecule has 0 fully saturated rings. The van der Waals surface area contributed by atoms with Crippen LogP contribution in [0.15, 0.2) is 9.21 Å². The molecule has 0 aliphatic rings. The van der Waals surface area contributed by atoms with Crippen LogP contribution in [0.25, 0.3) is 10.2 Å². The fourth-order valence-electron chi connectivity index (χ4n) is 3.56. The number of carbonyl (C=O) groups excluding carboxylic acids is 1. The summed E-state index contributed by atoms with van der Waals surface area (Å²) in [7, 11) is 0. The van der Waals surface area contributed by atoms with Crippen LogP contribution in [0.5, 0.6) is 0 Å². The number of nitrogens with zero attached hydrogens (tertiary/aromatic N) is 1. The van der Waals surface area contributed by atoms with Gasteiger partial charge in [-0.25, -0.2) is 9.59 Å². The minimum atomic E-state index is -0.459. The van der Waals surface area contributed by atoms with E-state index in [1.807, 2.05) is 0 Å². The molecule has 6 nitrogen and oxygen atoms in total. The number of hydrogen-bond acceptors (Lipinski definition) is 7. The Morgan fingerprint density at radius 3 is 2.26 bits per heavy atom. The lowest BCUT2D eigenvalue weighted by Crippen LogP contribution is -2.09. The van der Waals surface area contributed by atoms with Crippen molar-refractivity contribution < 1.29 is 13.9 Å². The van der Waals surface area contributed by atoms with E-state index in [9.17, 15) is 9.59 Å². The second kappa shape index (κ2) is 14.2. The highest BCUT2D eigenvalue weighted by Crippen LogP contribution is 2.29. The highest BCUT2D eigenvalue weighted by Gasteiger charge is 2.21. The van der Waals surface area contributed by atoms with Gasteiger partial charge in [-0.2, -0.15) is 4.98 Å². The molecule has 0 saturated carbocycles. The van der Waals surface area contributed by atoms with Gasteiger partial charge in [-0.05, 0) is 25.3 Å². The Kier molecular flexibility index (Phi) is 11.6. The van der Waals surface area contributed by atoms with Crippen LogP contribution in [0.4, 0.5) is 6.01 Å². The summed E-state index contributed by atoms with van der Waals surface area (Å²) in [5, 5.41) is 3.48.